The molecule has 3 amide bonds. The van der Waals surface area contributed by atoms with Gasteiger partial charge in [0, 0.05) is 30.9 Å². The molecule has 138 valence electrons. The minimum Gasteiger partial charge on any atom is -0.378 e. The lowest BCUT2D eigenvalue weighted by molar-refractivity contribution is 0.0564. The van der Waals surface area contributed by atoms with Gasteiger partial charge in [-0.3, -0.25) is 4.79 Å². The summed E-state index contributed by atoms with van der Waals surface area (Å²) in [6.07, 6.45) is 7.05. The van der Waals surface area contributed by atoms with Gasteiger partial charge < -0.3 is 20.3 Å². The highest BCUT2D eigenvalue weighted by atomic mass is 16.5. The summed E-state index contributed by atoms with van der Waals surface area (Å²) >= 11 is 0. The van der Waals surface area contributed by atoms with Gasteiger partial charge in [0.2, 0.25) is 0 Å². The van der Waals surface area contributed by atoms with E-state index in [1.54, 1.807) is 29.2 Å². The van der Waals surface area contributed by atoms with Crippen molar-refractivity contribution in [1.29, 1.82) is 0 Å². The first-order valence-electron chi connectivity index (χ1n) is 9.39. The first-order chi connectivity index (χ1) is 12.7. The molecule has 0 aromatic heterocycles. The standard InChI is InChI=1S/C20H25N3O3/c24-19(21-13-17-12-14-1-2-16(17)11-14)15-3-5-18(6-4-15)22-20(25)23-7-9-26-10-8-23/h1-6,14,16-17H,7-13H2,(H,21,24)(H,22,25)/t14-,16+,17-/m1/s1. The molecule has 1 saturated carbocycles. The van der Waals surface area contributed by atoms with Gasteiger partial charge in [0.1, 0.15) is 0 Å². The quantitative estimate of drug-likeness (QED) is 0.815. The van der Waals surface area contributed by atoms with Crippen molar-refractivity contribution in [3.05, 3.63) is 42.0 Å². The average Bonchev–Trinajstić information content (AvgIpc) is 3.30. The molecule has 0 spiro atoms. The van der Waals surface area contributed by atoms with Crippen LogP contribution in [0.3, 0.4) is 0 Å². The number of hydrogen-bond donors (Lipinski definition) is 2. The van der Waals surface area contributed by atoms with Crippen LogP contribution in [0.25, 0.3) is 0 Å². The molecule has 2 N–H and O–H groups in total. The van der Waals surface area contributed by atoms with Crippen molar-refractivity contribution >= 4 is 17.6 Å². The third kappa shape index (κ3) is 3.75. The second kappa shape index (κ2) is 7.50. The van der Waals surface area contributed by atoms with Crippen LogP contribution >= 0.6 is 0 Å². The van der Waals surface area contributed by atoms with Crippen molar-refractivity contribution < 1.29 is 14.3 Å². The van der Waals surface area contributed by atoms with Crippen molar-refractivity contribution in [2.45, 2.75) is 12.8 Å². The van der Waals surface area contributed by atoms with E-state index in [9.17, 15) is 9.59 Å². The number of carbonyl (C=O) groups is 2. The fraction of sp³-hybridized carbons (Fsp3) is 0.500. The Bertz CT molecular complexity index is 695. The zero-order valence-electron chi connectivity index (χ0n) is 14.8. The van der Waals surface area contributed by atoms with E-state index in [0.29, 0.717) is 49.4 Å². The zero-order valence-corrected chi connectivity index (χ0v) is 14.8. The number of urea groups is 1. The SMILES string of the molecule is O=C(NC[C@H]1C[C@@H]2C=C[C@H]1C2)c1ccc(NC(=O)N2CCOCC2)cc1. The smallest absolute Gasteiger partial charge is 0.321 e. The first kappa shape index (κ1) is 17.1. The maximum atomic E-state index is 12.3. The topological polar surface area (TPSA) is 70.7 Å². The highest BCUT2D eigenvalue weighted by molar-refractivity contribution is 5.95. The number of allylic oxidation sites excluding steroid dienone is 2. The molecule has 6 nitrogen and oxygen atoms in total. The Morgan fingerprint density at radius 1 is 1.08 bits per heavy atom. The van der Waals surface area contributed by atoms with Crippen molar-refractivity contribution in [3.63, 3.8) is 0 Å². The van der Waals surface area contributed by atoms with E-state index in [0.717, 1.165) is 12.5 Å². The van der Waals surface area contributed by atoms with Gasteiger partial charge in [0.05, 0.1) is 13.2 Å². The van der Waals surface area contributed by atoms with Crippen LogP contribution in [-0.2, 0) is 4.74 Å². The number of nitrogens with zero attached hydrogens (tertiary/aromatic N) is 1. The summed E-state index contributed by atoms with van der Waals surface area (Å²) in [4.78, 5) is 26.3. The fourth-order valence-corrected chi connectivity index (χ4v) is 4.13. The van der Waals surface area contributed by atoms with Crippen molar-refractivity contribution in [2.75, 3.05) is 38.2 Å². The Morgan fingerprint density at radius 3 is 2.50 bits per heavy atom. The van der Waals surface area contributed by atoms with Gasteiger partial charge in [-0.15, -0.1) is 0 Å². The van der Waals surface area contributed by atoms with Gasteiger partial charge in [0.15, 0.2) is 0 Å². The number of benzene rings is 1. The van der Waals surface area contributed by atoms with E-state index in [1.807, 2.05) is 0 Å². The number of amides is 3. The molecule has 1 saturated heterocycles. The molecule has 2 aliphatic carbocycles. The summed E-state index contributed by atoms with van der Waals surface area (Å²) < 4.78 is 5.25. The largest absolute Gasteiger partial charge is 0.378 e. The van der Waals surface area contributed by atoms with Gasteiger partial charge in [-0.1, -0.05) is 12.2 Å². The molecular weight excluding hydrogens is 330 g/mol. The van der Waals surface area contributed by atoms with Crippen molar-refractivity contribution in [2.24, 2.45) is 17.8 Å². The third-order valence-electron chi connectivity index (χ3n) is 5.64. The molecule has 1 aromatic carbocycles. The molecule has 4 rings (SSSR count). The van der Waals surface area contributed by atoms with E-state index in [4.69, 9.17) is 4.74 Å². The van der Waals surface area contributed by atoms with Gasteiger partial charge in [-0.2, -0.15) is 0 Å². The van der Waals surface area contributed by atoms with Gasteiger partial charge in [-0.05, 0) is 54.9 Å². The molecule has 6 heteroatoms. The number of morpholine rings is 1. The van der Waals surface area contributed by atoms with Crippen LogP contribution in [0.2, 0.25) is 0 Å². The summed E-state index contributed by atoms with van der Waals surface area (Å²) in [5.41, 5.74) is 1.31. The van der Waals surface area contributed by atoms with Crippen molar-refractivity contribution in [3.8, 4) is 0 Å². The van der Waals surface area contributed by atoms with E-state index >= 15 is 0 Å². The van der Waals surface area contributed by atoms with Gasteiger partial charge in [0.25, 0.3) is 5.91 Å². The highest BCUT2D eigenvalue weighted by Gasteiger charge is 2.35. The summed E-state index contributed by atoms with van der Waals surface area (Å²) in [6, 6.07) is 6.92. The van der Waals surface area contributed by atoms with Crippen LogP contribution in [0.1, 0.15) is 23.2 Å². The number of anilines is 1. The third-order valence-corrected chi connectivity index (χ3v) is 5.64. The second-order valence-corrected chi connectivity index (χ2v) is 7.36. The molecule has 0 unspecified atom stereocenters. The maximum Gasteiger partial charge on any atom is 0.321 e. The lowest BCUT2D eigenvalue weighted by Crippen LogP contribution is -2.43. The Hall–Kier alpha value is -2.34. The first-order valence-corrected chi connectivity index (χ1v) is 9.39. The summed E-state index contributed by atoms with van der Waals surface area (Å²) in [5.74, 6) is 1.87. The molecule has 2 fully saturated rings. The summed E-state index contributed by atoms with van der Waals surface area (Å²) in [6.45, 7) is 3.09. The molecule has 2 bridgehead atoms. The minimum absolute atomic E-state index is 0.0530. The second-order valence-electron chi connectivity index (χ2n) is 7.36. The molecule has 3 atom stereocenters. The van der Waals surface area contributed by atoms with Gasteiger partial charge >= 0.3 is 6.03 Å². The Labute approximate surface area is 153 Å². The summed E-state index contributed by atoms with van der Waals surface area (Å²) in [7, 11) is 0. The van der Waals surface area contributed by atoms with E-state index in [-0.39, 0.29) is 11.9 Å². The number of fused-ring (bicyclic) bond motifs is 2. The van der Waals surface area contributed by atoms with E-state index in [1.165, 1.54) is 12.8 Å². The number of carbonyl (C=O) groups excluding carboxylic acids is 2. The van der Waals surface area contributed by atoms with Crippen LogP contribution in [0.15, 0.2) is 36.4 Å². The lowest BCUT2D eigenvalue weighted by Gasteiger charge is -2.26. The van der Waals surface area contributed by atoms with Crippen LogP contribution in [0, 0.1) is 17.8 Å². The number of nitrogens with one attached hydrogen (secondary N) is 2. The molecule has 3 aliphatic rings. The molecule has 26 heavy (non-hydrogen) atoms. The van der Waals surface area contributed by atoms with Crippen LogP contribution < -0.4 is 10.6 Å². The molecule has 1 heterocycles. The lowest BCUT2D eigenvalue weighted by atomic mass is 9.93. The minimum atomic E-state index is -0.130. The van der Waals surface area contributed by atoms with Crippen LogP contribution in [0.5, 0.6) is 0 Å². The molecule has 1 aliphatic heterocycles. The molecular formula is C20H25N3O3. The zero-order chi connectivity index (χ0) is 17.9. The van der Waals surface area contributed by atoms with Gasteiger partial charge in [-0.25, -0.2) is 4.79 Å². The highest BCUT2D eigenvalue weighted by Crippen LogP contribution is 2.42. The number of rotatable bonds is 4. The Balaban J connectivity index is 1.27. The number of ether oxygens (including phenoxy) is 1. The Morgan fingerprint density at radius 2 is 1.85 bits per heavy atom. The molecule has 0 radical (unpaired) electrons. The number of hydrogen-bond acceptors (Lipinski definition) is 3. The van der Waals surface area contributed by atoms with Crippen LogP contribution in [0.4, 0.5) is 10.5 Å². The normalized spacial score (nSPS) is 26.8. The fourth-order valence-electron chi connectivity index (χ4n) is 4.13. The van der Waals surface area contributed by atoms with Crippen molar-refractivity contribution in [1.82, 2.24) is 10.2 Å². The predicted octanol–water partition coefficient (Wildman–Crippen LogP) is 2.49. The summed E-state index contributed by atoms with van der Waals surface area (Å²) in [5, 5.41) is 5.92. The Kier molecular flexibility index (Phi) is 4.93. The van der Waals surface area contributed by atoms with Crippen LogP contribution in [-0.4, -0.2) is 49.7 Å². The van der Waals surface area contributed by atoms with E-state index < -0.39 is 0 Å². The maximum absolute atomic E-state index is 12.3. The molecule has 1 aromatic rings. The monoisotopic (exact) mass is 355 g/mol. The predicted molar refractivity (Wildman–Crippen MR) is 99.0 cm³/mol. The average molecular weight is 355 g/mol. The van der Waals surface area contributed by atoms with E-state index in [2.05, 4.69) is 22.8 Å².